The zero-order valence-electron chi connectivity index (χ0n) is 12.3. The summed E-state index contributed by atoms with van der Waals surface area (Å²) in [6.45, 7) is 1.24. The van der Waals surface area contributed by atoms with Crippen LogP contribution in [0.15, 0.2) is 23.0 Å². The lowest BCUT2D eigenvalue weighted by Crippen LogP contribution is -2.36. The second-order valence-electron chi connectivity index (χ2n) is 5.55. The standard InChI is InChI=1S/C15H12Cl2F3N3O/c16-10-2-1-8(5-11(10)17)6-23-4-3-12-9(7-23)13(24)22-14(21-12)15(18,19)20/h1-2,5H,3-4,6-7H2,(H,21,22,24). The fourth-order valence-electron chi connectivity index (χ4n) is 2.65. The normalized spacial score (nSPS) is 15.4. The summed E-state index contributed by atoms with van der Waals surface area (Å²) in [5.41, 5.74) is 0.640. The van der Waals surface area contributed by atoms with Crippen molar-refractivity contribution < 1.29 is 13.2 Å². The Kier molecular flexibility index (Phi) is 4.59. The zero-order chi connectivity index (χ0) is 17.5. The van der Waals surface area contributed by atoms with Gasteiger partial charge < -0.3 is 4.98 Å². The van der Waals surface area contributed by atoms with Crippen LogP contribution in [-0.2, 0) is 25.7 Å². The Morgan fingerprint density at radius 1 is 1.25 bits per heavy atom. The van der Waals surface area contributed by atoms with E-state index in [0.717, 1.165) is 5.56 Å². The first-order valence-electron chi connectivity index (χ1n) is 7.09. The largest absolute Gasteiger partial charge is 0.449 e. The molecule has 1 N–H and O–H groups in total. The molecule has 3 rings (SSSR count). The van der Waals surface area contributed by atoms with Gasteiger partial charge in [0.1, 0.15) is 0 Å². The van der Waals surface area contributed by atoms with Crippen LogP contribution in [0.1, 0.15) is 22.6 Å². The number of alkyl halides is 3. The smallest absolute Gasteiger partial charge is 0.303 e. The van der Waals surface area contributed by atoms with Crippen molar-refractivity contribution in [1.29, 1.82) is 0 Å². The molecule has 0 spiro atoms. The number of halogens is 5. The van der Waals surface area contributed by atoms with E-state index in [2.05, 4.69) is 4.98 Å². The molecule has 0 radical (unpaired) electrons. The van der Waals surface area contributed by atoms with Crippen molar-refractivity contribution >= 4 is 23.2 Å². The van der Waals surface area contributed by atoms with Crippen LogP contribution in [0.5, 0.6) is 0 Å². The molecule has 1 aromatic heterocycles. The summed E-state index contributed by atoms with van der Waals surface area (Å²) in [5, 5.41) is 0.880. The second-order valence-corrected chi connectivity index (χ2v) is 6.36. The minimum Gasteiger partial charge on any atom is -0.303 e. The van der Waals surface area contributed by atoms with Gasteiger partial charge in [-0.2, -0.15) is 13.2 Å². The second kappa shape index (κ2) is 6.38. The number of rotatable bonds is 2. The van der Waals surface area contributed by atoms with E-state index < -0.39 is 17.6 Å². The Bertz CT molecular complexity index is 836. The summed E-state index contributed by atoms with van der Waals surface area (Å²) >= 11 is 11.8. The molecule has 2 aromatic rings. The quantitative estimate of drug-likeness (QED) is 0.868. The molecule has 1 aliphatic heterocycles. The van der Waals surface area contributed by atoms with Crippen LogP contribution >= 0.6 is 23.2 Å². The molecule has 1 aliphatic rings. The Balaban J connectivity index is 1.82. The van der Waals surface area contributed by atoms with Crippen LogP contribution in [0.4, 0.5) is 13.2 Å². The van der Waals surface area contributed by atoms with Crippen molar-refractivity contribution in [3.8, 4) is 0 Å². The van der Waals surface area contributed by atoms with E-state index in [1.807, 2.05) is 16.0 Å². The Morgan fingerprint density at radius 3 is 2.67 bits per heavy atom. The van der Waals surface area contributed by atoms with Crippen LogP contribution in [-0.4, -0.2) is 21.4 Å². The van der Waals surface area contributed by atoms with Gasteiger partial charge in [-0.25, -0.2) is 4.98 Å². The summed E-state index contributed by atoms with van der Waals surface area (Å²) in [5.74, 6) is -1.25. The highest BCUT2D eigenvalue weighted by Crippen LogP contribution is 2.27. The van der Waals surface area contributed by atoms with Crippen LogP contribution in [0.2, 0.25) is 10.0 Å². The van der Waals surface area contributed by atoms with Crippen molar-refractivity contribution in [1.82, 2.24) is 14.9 Å². The molecular weight excluding hydrogens is 366 g/mol. The molecule has 0 saturated heterocycles. The van der Waals surface area contributed by atoms with Gasteiger partial charge in [-0.05, 0) is 17.7 Å². The predicted molar refractivity (Wildman–Crippen MR) is 84.1 cm³/mol. The van der Waals surface area contributed by atoms with E-state index in [1.165, 1.54) is 0 Å². The molecule has 24 heavy (non-hydrogen) atoms. The maximum atomic E-state index is 12.7. The highest BCUT2D eigenvalue weighted by atomic mass is 35.5. The third-order valence-corrected chi connectivity index (χ3v) is 4.55. The van der Waals surface area contributed by atoms with Crippen molar-refractivity contribution in [3.05, 3.63) is 61.2 Å². The number of aromatic amines is 1. The van der Waals surface area contributed by atoms with Gasteiger partial charge in [0.05, 0.1) is 21.3 Å². The van der Waals surface area contributed by atoms with Gasteiger partial charge in [-0.1, -0.05) is 29.3 Å². The molecule has 0 amide bonds. The maximum Gasteiger partial charge on any atom is 0.449 e. The van der Waals surface area contributed by atoms with Gasteiger partial charge in [-0.15, -0.1) is 0 Å². The number of H-pyrrole nitrogens is 1. The molecule has 0 atom stereocenters. The van der Waals surface area contributed by atoms with E-state index in [1.54, 1.807) is 12.1 Å². The fraction of sp³-hybridized carbons (Fsp3) is 0.333. The SMILES string of the molecule is O=c1[nH]c(C(F)(F)F)nc2c1CN(Cc1ccc(Cl)c(Cl)c1)CC2. The van der Waals surface area contributed by atoms with E-state index in [0.29, 0.717) is 23.1 Å². The van der Waals surface area contributed by atoms with Crippen LogP contribution in [0.25, 0.3) is 0 Å². The molecule has 0 fully saturated rings. The average molecular weight is 378 g/mol. The molecule has 0 unspecified atom stereocenters. The number of benzene rings is 1. The Labute approximate surface area is 145 Å². The molecule has 128 valence electrons. The van der Waals surface area contributed by atoms with Crippen molar-refractivity contribution in [2.45, 2.75) is 25.7 Å². The molecule has 4 nitrogen and oxygen atoms in total. The maximum absolute atomic E-state index is 12.7. The van der Waals surface area contributed by atoms with Gasteiger partial charge in [0.25, 0.3) is 5.56 Å². The van der Waals surface area contributed by atoms with Gasteiger partial charge in [-0.3, -0.25) is 9.69 Å². The summed E-state index contributed by atoms with van der Waals surface area (Å²) in [6, 6.07) is 5.23. The number of nitrogens with zero attached hydrogens (tertiary/aromatic N) is 2. The minimum atomic E-state index is -4.66. The van der Waals surface area contributed by atoms with E-state index in [4.69, 9.17) is 23.2 Å². The topological polar surface area (TPSA) is 49.0 Å². The van der Waals surface area contributed by atoms with Crippen molar-refractivity contribution in [3.63, 3.8) is 0 Å². The van der Waals surface area contributed by atoms with Crippen LogP contribution < -0.4 is 5.56 Å². The monoisotopic (exact) mass is 377 g/mol. The lowest BCUT2D eigenvalue weighted by Gasteiger charge is -2.28. The first kappa shape index (κ1) is 17.3. The highest BCUT2D eigenvalue weighted by Gasteiger charge is 2.35. The first-order chi connectivity index (χ1) is 11.2. The third-order valence-electron chi connectivity index (χ3n) is 3.81. The predicted octanol–water partition coefficient (Wildman–Crippen LogP) is 3.65. The Hall–Kier alpha value is -1.57. The number of nitrogens with one attached hydrogen (secondary N) is 1. The lowest BCUT2D eigenvalue weighted by atomic mass is 10.1. The Morgan fingerprint density at radius 2 is 2.00 bits per heavy atom. The third kappa shape index (κ3) is 3.58. The van der Waals surface area contributed by atoms with Crippen molar-refractivity contribution in [2.24, 2.45) is 0 Å². The highest BCUT2D eigenvalue weighted by molar-refractivity contribution is 6.42. The van der Waals surface area contributed by atoms with Gasteiger partial charge in [0, 0.05) is 26.1 Å². The molecule has 0 bridgehead atoms. The van der Waals surface area contributed by atoms with E-state index in [9.17, 15) is 18.0 Å². The molecule has 9 heteroatoms. The zero-order valence-corrected chi connectivity index (χ0v) is 13.8. The molecule has 2 heterocycles. The molecular formula is C15H12Cl2F3N3O. The molecule has 1 aromatic carbocycles. The summed E-state index contributed by atoms with van der Waals surface area (Å²) in [6.07, 6.45) is -4.38. The molecule has 0 saturated carbocycles. The number of hydrogen-bond donors (Lipinski definition) is 1. The van der Waals surface area contributed by atoms with E-state index >= 15 is 0 Å². The van der Waals surface area contributed by atoms with Gasteiger partial charge >= 0.3 is 6.18 Å². The number of fused-ring (bicyclic) bond motifs is 1. The van der Waals surface area contributed by atoms with E-state index in [-0.39, 0.29) is 24.2 Å². The summed E-state index contributed by atoms with van der Waals surface area (Å²) in [7, 11) is 0. The summed E-state index contributed by atoms with van der Waals surface area (Å²) in [4.78, 5) is 19.3. The summed E-state index contributed by atoms with van der Waals surface area (Å²) < 4.78 is 38.1. The minimum absolute atomic E-state index is 0.205. The van der Waals surface area contributed by atoms with Crippen LogP contribution in [0.3, 0.4) is 0 Å². The average Bonchev–Trinajstić information content (AvgIpc) is 2.50. The fourth-order valence-corrected chi connectivity index (χ4v) is 2.97. The van der Waals surface area contributed by atoms with Gasteiger partial charge in [0.2, 0.25) is 5.82 Å². The lowest BCUT2D eigenvalue weighted by molar-refractivity contribution is -0.145. The van der Waals surface area contributed by atoms with Crippen LogP contribution in [0, 0.1) is 0 Å². The van der Waals surface area contributed by atoms with Crippen molar-refractivity contribution in [2.75, 3.05) is 6.54 Å². The first-order valence-corrected chi connectivity index (χ1v) is 7.85. The number of aromatic nitrogens is 2. The number of hydrogen-bond acceptors (Lipinski definition) is 3. The molecule has 0 aliphatic carbocycles. The van der Waals surface area contributed by atoms with Gasteiger partial charge in [0.15, 0.2) is 0 Å².